The maximum Gasteiger partial charge on any atom is 0.408 e. The van der Waals surface area contributed by atoms with Gasteiger partial charge in [-0.25, -0.2) is 9.59 Å². The Bertz CT molecular complexity index is 695. The van der Waals surface area contributed by atoms with Crippen LogP contribution in [-0.2, 0) is 19.1 Å². The van der Waals surface area contributed by atoms with Crippen molar-refractivity contribution in [1.29, 1.82) is 0 Å². The minimum absolute atomic E-state index is 0.138. The van der Waals surface area contributed by atoms with E-state index in [0.29, 0.717) is 32.2 Å². The predicted molar refractivity (Wildman–Crippen MR) is 130 cm³/mol. The van der Waals surface area contributed by atoms with Crippen molar-refractivity contribution in [3.05, 3.63) is 0 Å². The zero-order chi connectivity index (χ0) is 26.1. The summed E-state index contributed by atoms with van der Waals surface area (Å²) in [6, 6.07) is -1.55. The summed E-state index contributed by atoms with van der Waals surface area (Å²) >= 11 is 0. The average Bonchev–Trinajstić information content (AvgIpc) is 2.73. The molecule has 0 saturated heterocycles. The lowest BCUT2D eigenvalue weighted by Gasteiger charge is -2.30. The normalized spacial score (nSPS) is 21.2. The van der Waals surface area contributed by atoms with Crippen LogP contribution in [0.4, 0.5) is 4.79 Å². The largest absolute Gasteiger partial charge is 0.480 e. The molecule has 0 aromatic heterocycles. The van der Waals surface area contributed by atoms with Crippen LogP contribution < -0.4 is 16.0 Å². The molecule has 4 N–H and O–H groups in total. The van der Waals surface area contributed by atoms with Gasteiger partial charge in [-0.15, -0.1) is 0 Å². The first kappa shape index (κ1) is 29.7. The highest BCUT2D eigenvalue weighted by atomic mass is 16.6. The number of carbonyl (C=O) groups is 4. The number of ether oxygens (including phenoxy) is 1. The van der Waals surface area contributed by atoms with Gasteiger partial charge in [0.1, 0.15) is 17.7 Å². The summed E-state index contributed by atoms with van der Waals surface area (Å²) in [4.78, 5) is 49.0. The molecule has 34 heavy (non-hydrogen) atoms. The third kappa shape index (κ3) is 10.7. The van der Waals surface area contributed by atoms with E-state index in [4.69, 9.17) is 4.74 Å². The highest BCUT2D eigenvalue weighted by Gasteiger charge is 2.32. The zero-order valence-electron chi connectivity index (χ0n) is 21.9. The molecule has 1 fully saturated rings. The van der Waals surface area contributed by atoms with E-state index in [1.54, 1.807) is 20.8 Å². The van der Waals surface area contributed by atoms with Crippen LogP contribution in [0.1, 0.15) is 87.0 Å². The fraction of sp³-hybridized carbons (Fsp3) is 0.840. The molecule has 9 nitrogen and oxygen atoms in total. The third-order valence-corrected chi connectivity index (χ3v) is 6.27. The maximum absolute atomic E-state index is 12.8. The molecule has 1 saturated carbocycles. The zero-order valence-corrected chi connectivity index (χ0v) is 21.9. The first-order valence-electron chi connectivity index (χ1n) is 12.5. The summed E-state index contributed by atoms with van der Waals surface area (Å²) in [7, 11) is 0. The summed E-state index contributed by atoms with van der Waals surface area (Å²) in [6.07, 6.45) is 3.41. The molecule has 0 bridgehead atoms. The molecule has 0 aromatic rings. The summed E-state index contributed by atoms with van der Waals surface area (Å²) in [6.45, 7) is 13.5. The van der Waals surface area contributed by atoms with Gasteiger partial charge in [-0.2, -0.15) is 0 Å². The van der Waals surface area contributed by atoms with Crippen LogP contribution >= 0.6 is 0 Å². The second-order valence-electron chi connectivity index (χ2n) is 11.0. The van der Waals surface area contributed by atoms with E-state index in [1.165, 1.54) is 0 Å². The lowest BCUT2D eigenvalue weighted by molar-refractivity contribution is -0.144. The molecule has 0 unspecified atom stereocenters. The average molecular weight is 484 g/mol. The summed E-state index contributed by atoms with van der Waals surface area (Å²) in [5, 5.41) is 17.7. The highest BCUT2D eigenvalue weighted by Crippen LogP contribution is 2.29. The molecule has 3 amide bonds. The van der Waals surface area contributed by atoms with E-state index in [0.717, 1.165) is 12.8 Å². The number of nitrogens with one attached hydrogen (secondary N) is 3. The minimum atomic E-state index is -1.00. The van der Waals surface area contributed by atoms with Crippen LogP contribution in [0, 0.1) is 23.7 Å². The molecule has 196 valence electrons. The van der Waals surface area contributed by atoms with Crippen LogP contribution in [0.3, 0.4) is 0 Å². The van der Waals surface area contributed by atoms with Gasteiger partial charge in [-0.1, -0.05) is 34.1 Å². The molecule has 9 heteroatoms. The second kappa shape index (κ2) is 13.5. The first-order chi connectivity index (χ1) is 15.7. The van der Waals surface area contributed by atoms with E-state index in [-0.39, 0.29) is 35.5 Å². The molecule has 0 aliphatic heterocycles. The molecule has 0 aromatic carbocycles. The van der Waals surface area contributed by atoms with Gasteiger partial charge in [0.25, 0.3) is 0 Å². The Labute approximate surface area is 204 Å². The molecule has 1 rings (SSSR count). The number of carboxylic acid groups (broad SMARTS) is 1. The maximum atomic E-state index is 12.8. The molecule has 3 atom stereocenters. The Morgan fingerprint density at radius 1 is 1.00 bits per heavy atom. The smallest absolute Gasteiger partial charge is 0.408 e. The second-order valence-corrected chi connectivity index (χ2v) is 11.0. The molecule has 0 spiro atoms. The van der Waals surface area contributed by atoms with Crippen LogP contribution in [-0.4, -0.2) is 53.2 Å². The van der Waals surface area contributed by atoms with E-state index in [1.807, 2.05) is 27.7 Å². The quantitative estimate of drug-likeness (QED) is 0.356. The Balaban J connectivity index is 2.54. The number of hydrogen-bond acceptors (Lipinski definition) is 5. The lowest BCUT2D eigenvalue weighted by Crippen LogP contribution is -2.50. The number of hydrogen-bond donors (Lipinski definition) is 4. The number of carbonyl (C=O) groups excluding carboxylic acids is 3. The van der Waals surface area contributed by atoms with Crippen LogP contribution in [0.15, 0.2) is 0 Å². The summed E-state index contributed by atoms with van der Waals surface area (Å²) < 4.78 is 5.29. The van der Waals surface area contributed by atoms with Gasteiger partial charge in [-0.05, 0) is 70.6 Å². The Hall–Kier alpha value is -2.32. The van der Waals surface area contributed by atoms with Gasteiger partial charge in [0.15, 0.2) is 0 Å². The van der Waals surface area contributed by atoms with Gasteiger partial charge in [0.05, 0.1) is 0 Å². The minimum Gasteiger partial charge on any atom is -0.480 e. The number of aliphatic carboxylic acids is 1. The van der Waals surface area contributed by atoms with E-state index in [9.17, 15) is 24.3 Å². The van der Waals surface area contributed by atoms with Gasteiger partial charge in [0, 0.05) is 12.5 Å². The fourth-order valence-electron chi connectivity index (χ4n) is 4.10. The highest BCUT2D eigenvalue weighted by molar-refractivity contribution is 5.86. The molecular weight excluding hydrogens is 438 g/mol. The molecular formula is C25H45N3O6. The predicted octanol–water partition coefficient (Wildman–Crippen LogP) is 3.46. The van der Waals surface area contributed by atoms with Gasteiger partial charge >= 0.3 is 12.1 Å². The number of alkyl carbamates (subject to hydrolysis) is 1. The lowest BCUT2D eigenvalue weighted by atomic mass is 9.81. The molecule has 0 radical (unpaired) electrons. The van der Waals surface area contributed by atoms with E-state index < -0.39 is 29.7 Å². The van der Waals surface area contributed by atoms with E-state index >= 15 is 0 Å². The topological polar surface area (TPSA) is 134 Å². The molecule has 0 heterocycles. The monoisotopic (exact) mass is 483 g/mol. The van der Waals surface area contributed by atoms with Gasteiger partial charge in [-0.3, -0.25) is 9.59 Å². The van der Waals surface area contributed by atoms with Crippen molar-refractivity contribution in [3.63, 3.8) is 0 Å². The number of amides is 3. The van der Waals surface area contributed by atoms with Crippen molar-refractivity contribution in [2.45, 2.75) is 105 Å². The van der Waals surface area contributed by atoms with Crippen LogP contribution in [0.25, 0.3) is 0 Å². The van der Waals surface area contributed by atoms with Crippen molar-refractivity contribution in [3.8, 4) is 0 Å². The van der Waals surface area contributed by atoms with E-state index in [2.05, 4.69) is 16.0 Å². The third-order valence-electron chi connectivity index (χ3n) is 6.27. The Morgan fingerprint density at radius 3 is 2.06 bits per heavy atom. The van der Waals surface area contributed by atoms with Crippen molar-refractivity contribution < 1.29 is 29.0 Å². The summed E-state index contributed by atoms with van der Waals surface area (Å²) in [5.74, 6) is -1.34. The number of rotatable bonds is 11. The van der Waals surface area contributed by atoms with Crippen molar-refractivity contribution in [1.82, 2.24) is 16.0 Å². The Morgan fingerprint density at radius 2 is 1.59 bits per heavy atom. The van der Waals surface area contributed by atoms with Crippen molar-refractivity contribution in [2.75, 3.05) is 6.54 Å². The van der Waals surface area contributed by atoms with Gasteiger partial charge < -0.3 is 25.8 Å². The Kier molecular flexibility index (Phi) is 11.8. The van der Waals surface area contributed by atoms with Gasteiger partial charge in [0.2, 0.25) is 11.8 Å². The van der Waals surface area contributed by atoms with Crippen molar-refractivity contribution >= 4 is 23.9 Å². The van der Waals surface area contributed by atoms with Crippen molar-refractivity contribution in [2.24, 2.45) is 23.7 Å². The standard InChI is InChI=1S/C25H45N3O6/c1-8-16(4)20(23(31)32)28-21(29)18-11-9-17(10-12-18)14-26-22(30)19(13-15(2)3)27-24(33)34-25(5,6)7/h15-20H,8-14H2,1-7H3,(H,26,30)(H,27,33)(H,28,29)(H,31,32)/t16-,17?,18?,19-,20-/m0/s1. The molecule has 1 aliphatic rings. The first-order valence-corrected chi connectivity index (χ1v) is 12.5. The van der Waals surface area contributed by atoms with Crippen LogP contribution in [0.2, 0.25) is 0 Å². The number of carboxylic acids is 1. The summed E-state index contributed by atoms with van der Waals surface area (Å²) in [5.41, 5.74) is -0.646. The SMILES string of the molecule is CC[C@H](C)[C@H](NC(=O)C1CCC(CNC(=O)[C@H](CC(C)C)NC(=O)OC(C)(C)C)CC1)C(=O)O. The fourth-order valence-corrected chi connectivity index (χ4v) is 4.10. The van der Waals surface area contributed by atoms with Crippen LogP contribution in [0.5, 0.6) is 0 Å². The molecule has 1 aliphatic carbocycles.